The molecule has 2 aromatic rings. The molecule has 27 heavy (non-hydrogen) atoms. The first-order valence-electron chi connectivity index (χ1n) is 9.62. The van der Waals surface area contributed by atoms with Crippen LogP contribution in [0.15, 0.2) is 59.6 Å². The maximum absolute atomic E-state index is 13.0. The number of nitrogens with one attached hydrogen (secondary N) is 2. The molecule has 2 N–H and O–H groups in total. The second-order valence-corrected chi connectivity index (χ2v) is 6.86. The van der Waals surface area contributed by atoms with Gasteiger partial charge in [-0.1, -0.05) is 42.5 Å². The molecule has 0 aliphatic carbocycles. The van der Waals surface area contributed by atoms with E-state index in [9.17, 15) is 4.39 Å². The van der Waals surface area contributed by atoms with Crippen LogP contribution in [0.25, 0.3) is 0 Å². The van der Waals surface area contributed by atoms with Crippen molar-refractivity contribution in [1.29, 1.82) is 0 Å². The largest absolute Gasteiger partial charge is 0.373 e. The Labute approximate surface area is 160 Å². The number of rotatable bonds is 6. The molecule has 5 heteroatoms. The van der Waals surface area contributed by atoms with Gasteiger partial charge in [0, 0.05) is 32.7 Å². The van der Waals surface area contributed by atoms with E-state index in [-0.39, 0.29) is 11.9 Å². The number of guanidine groups is 1. The van der Waals surface area contributed by atoms with Gasteiger partial charge < -0.3 is 15.4 Å². The molecule has 0 radical (unpaired) electrons. The molecular formula is C22H28FN3O. The smallest absolute Gasteiger partial charge is 0.190 e. The van der Waals surface area contributed by atoms with Crippen molar-refractivity contribution in [3.8, 4) is 0 Å². The lowest BCUT2D eigenvalue weighted by Crippen LogP contribution is -2.42. The van der Waals surface area contributed by atoms with Crippen LogP contribution in [0.5, 0.6) is 0 Å². The average molecular weight is 369 g/mol. The van der Waals surface area contributed by atoms with Crippen molar-refractivity contribution in [3.05, 3.63) is 71.5 Å². The minimum Gasteiger partial charge on any atom is -0.373 e. The van der Waals surface area contributed by atoms with E-state index in [1.54, 1.807) is 7.05 Å². The van der Waals surface area contributed by atoms with Gasteiger partial charge in [0.15, 0.2) is 5.96 Å². The third-order valence-corrected chi connectivity index (χ3v) is 4.95. The van der Waals surface area contributed by atoms with Crippen LogP contribution in [0.3, 0.4) is 0 Å². The van der Waals surface area contributed by atoms with E-state index in [4.69, 9.17) is 4.74 Å². The molecule has 2 aromatic carbocycles. The highest BCUT2D eigenvalue weighted by Gasteiger charge is 2.27. The number of nitrogens with zero attached hydrogens (tertiary/aromatic N) is 1. The molecule has 2 unspecified atom stereocenters. The van der Waals surface area contributed by atoms with E-state index in [2.05, 4.69) is 39.9 Å². The first-order valence-corrected chi connectivity index (χ1v) is 9.62. The van der Waals surface area contributed by atoms with Crippen molar-refractivity contribution in [2.24, 2.45) is 10.9 Å². The molecule has 2 atom stereocenters. The number of ether oxygens (including phenoxy) is 1. The zero-order valence-corrected chi connectivity index (χ0v) is 15.8. The summed E-state index contributed by atoms with van der Waals surface area (Å²) in [6, 6.07) is 17.1. The summed E-state index contributed by atoms with van der Waals surface area (Å²) in [5, 5.41) is 6.76. The summed E-state index contributed by atoms with van der Waals surface area (Å²) < 4.78 is 19.0. The summed E-state index contributed by atoms with van der Waals surface area (Å²) in [6.45, 7) is 2.38. The van der Waals surface area contributed by atoms with Crippen molar-refractivity contribution >= 4 is 5.96 Å². The molecule has 1 aliphatic rings. The van der Waals surface area contributed by atoms with Gasteiger partial charge in [0.1, 0.15) is 5.82 Å². The summed E-state index contributed by atoms with van der Waals surface area (Å²) in [5.41, 5.74) is 2.34. The van der Waals surface area contributed by atoms with E-state index >= 15 is 0 Å². The first kappa shape index (κ1) is 19.4. The Morgan fingerprint density at radius 2 is 1.89 bits per heavy atom. The predicted octanol–water partition coefficient (Wildman–Crippen LogP) is 3.70. The van der Waals surface area contributed by atoms with Crippen molar-refractivity contribution in [1.82, 2.24) is 10.6 Å². The van der Waals surface area contributed by atoms with Gasteiger partial charge in [-0.3, -0.25) is 4.99 Å². The maximum Gasteiger partial charge on any atom is 0.190 e. The number of hydrogen-bond donors (Lipinski definition) is 2. The molecule has 0 bridgehead atoms. The molecule has 3 rings (SSSR count). The van der Waals surface area contributed by atoms with E-state index in [0.717, 1.165) is 50.5 Å². The Morgan fingerprint density at radius 3 is 2.63 bits per heavy atom. The summed E-state index contributed by atoms with van der Waals surface area (Å²) in [6.07, 6.45) is 3.18. The van der Waals surface area contributed by atoms with Crippen LogP contribution in [0.1, 0.15) is 30.1 Å². The van der Waals surface area contributed by atoms with Gasteiger partial charge in [0.05, 0.1) is 6.10 Å². The van der Waals surface area contributed by atoms with Crippen molar-refractivity contribution in [2.75, 3.05) is 26.7 Å². The van der Waals surface area contributed by atoms with E-state index in [1.807, 2.05) is 18.2 Å². The molecule has 144 valence electrons. The van der Waals surface area contributed by atoms with Crippen LogP contribution in [-0.4, -0.2) is 32.7 Å². The summed E-state index contributed by atoms with van der Waals surface area (Å²) in [4.78, 5) is 4.31. The van der Waals surface area contributed by atoms with Gasteiger partial charge >= 0.3 is 0 Å². The molecule has 0 aromatic heterocycles. The van der Waals surface area contributed by atoms with Crippen molar-refractivity contribution < 1.29 is 9.13 Å². The number of hydrogen-bond acceptors (Lipinski definition) is 2. The maximum atomic E-state index is 13.0. The Hall–Kier alpha value is -2.40. The minimum atomic E-state index is -0.202. The molecule has 1 saturated heterocycles. The van der Waals surface area contributed by atoms with E-state index in [0.29, 0.717) is 5.92 Å². The number of halogens is 1. The van der Waals surface area contributed by atoms with Gasteiger partial charge in [-0.05, 0) is 42.5 Å². The molecule has 0 spiro atoms. The van der Waals surface area contributed by atoms with Crippen LogP contribution in [0.2, 0.25) is 0 Å². The standard InChI is InChI=1S/C22H28FN3O/c1-24-22(25-14-13-17-9-11-20(23)12-10-17)26-16-19-8-5-15-27-21(19)18-6-3-2-4-7-18/h2-4,6-7,9-12,19,21H,5,8,13-16H2,1H3,(H2,24,25,26). The van der Waals surface area contributed by atoms with Crippen LogP contribution in [0.4, 0.5) is 4.39 Å². The zero-order chi connectivity index (χ0) is 18.9. The van der Waals surface area contributed by atoms with E-state index < -0.39 is 0 Å². The highest BCUT2D eigenvalue weighted by Crippen LogP contribution is 2.32. The molecule has 1 fully saturated rings. The lowest BCUT2D eigenvalue weighted by molar-refractivity contribution is -0.0265. The number of aliphatic imine (C=N–C) groups is 1. The monoisotopic (exact) mass is 369 g/mol. The molecule has 0 saturated carbocycles. The lowest BCUT2D eigenvalue weighted by Gasteiger charge is -2.32. The highest BCUT2D eigenvalue weighted by molar-refractivity contribution is 5.79. The molecule has 0 amide bonds. The first-order chi connectivity index (χ1) is 13.3. The summed E-state index contributed by atoms with van der Waals surface area (Å²) in [7, 11) is 1.78. The Balaban J connectivity index is 1.48. The normalized spacial score (nSPS) is 20.3. The van der Waals surface area contributed by atoms with Crippen LogP contribution in [0, 0.1) is 11.7 Å². The van der Waals surface area contributed by atoms with Crippen LogP contribution in [-0.2, 0) is 11.2 Å². The van der Waals surface area contributed by atoms with Crippen molar-refractivity contribution in [2.45, 2.75) is 25.4 Å². The summed E-state index contributed by atoms with van der Waals surface area (Å²) in [5.74, 6) is 0.998. The third kappa shape index (κ3) is 5.79. The predicted molar refractivity (Wildman–Crippen MR) is 107 cm³/mol. The SMILES string of the molecule is CN=C(NCCc1ccc(F)cc1)NCC1CCCOC1c1ccccc1. The Kier molecular flexibility index (Phi) is 7.22. The Morgan fingerprint density at radius 1 is 1.11 bits per heavy atom. The second-order valence-electron chi connectivity index (χ2n) is 6.86. The van der Waals surface area contributed by atoms with Gasteiger partial charge in [-0.15, -0.1) is 0 Å². The van der Waals surface area contributed by atoms with Crippen LogP contribution < -0.4 is 10.6 Å². The fourth-order valence-electron chi connectivity index (χ4n) is 3.49. The van der Waals surface area contributed by atoms with Crippen LogP contribution >= 0.6 is 0 Å². The minimum absolute atomic E-state index is 0.129. The fraction of sp³-hybridized carbons (Fsp3) is 0.409. The third-order valence-electron chi connectivity index (χ3n) is 4.95. The molecule has 1 heterocycles. The quantitative estimate of drug-likeness (QED) is 0.603. The highest BCUT2D eigenvalue weighted by atomic mass is 19.1. The fourth-order valence-corrected chi connectivity index (χ4v) is 3.49. The zero-order valence-electron chi connectivity index (χ0n) is 15.8. The molecular weight excluding hydrogens is 341 g/mol. The van der Waals surface area contributed by atoms with Crippen molar-refractivity contribution in [3.63, 3.8) is 0 Å². The van der Waals surface area contributed by atoms with E-state index in [1.165, 1.54) is 17.7 Å². The topological polar surface area (TPSA) is 45.7 Å². The van der Waals surface area contributed by atoms with Gasteiger partial charge in [-0.2, -0.15) is 0 Å². The summed E-state index contributed by atoms with van der Waals surface area (Å²) >= 11 is 0. The second kappa shape index (κ2) is 10.1. The lowest BCUT2D eigenvalue weighted by atomic mass is 9.89. The van der Waals surface area contributed by atoms with Gasteiger partial charge in [0.2, 0.25) is 0 Å². The van der Waals surface area contributed by atoms with Gasteiger partial charge in [-0.25, -0.2) is 4.39 Å². The Bertz CT molecular complexity index is 718. The average Bonchev–Trinajstić information content (AvgIpc) is 2.73. The molecule has 4 nitrogen and oxygen atoms in total. The number of benzene rings is 2. The van der Waals surface area contributed by atoms with Gasteiger partial charge in [0.25, 0.3) is 0 Å². The molecule has 1 aliphatic heterocycles.